The van der Waals surface area contributed by atoms with E-state index in [2.05, 4.69) is 26.0 Å². The van der Waals surface area contributed by atoms with Gasteiger partial charge < -0.3 is 16.1 Å². The normalized spacial score (nSPS) is 10.3. The first-order valence-electron chi connectivity index (χ1n) is 5.87. The molecule has 5 N–H and O–H groups in total. The third-order valence-corrected chi connectivity index (χ3v) is 2.21. The van der Waals surface area contributed by atoms with E-state index < -0.39 is 0 Å². The number of anilines is 2. The second-order valence-corrected chi connectivity index (χ2v) is 4.21. The van der Waals surface area contributed by atoms with Gasteiger partial charge in [-0.05, 0) is 0 Å². The van der Waals surface area contributed by atoms with Crippen LogP contribution in [0.15, 0.2) is 6.07 Å². The van der Waals surface area contributed by atoms with E-state index in [1.54, 1.807) is 6.07 Å². The van der Waals surface area contributed by atoms with Gasteiger partial charge in [0.1, 0.15) is 17.5 Å². The van der Waals surface area contributed by atoms with Gasteiger partial charge in [-0.2, -0.15) is 0 Å². The van der Waals surface area contributed by atoms with Crippen LogP contribution in [0.5, 0.6) is 0 Å². The summed E-state index contributed by atoms with van der Waals surface area (Å²) in [4.78, 5) is 19.3. The second-order valence-electron chi connectivity index (χ2n) is 4.21. The molecule has 0 aliphatic rings. The summed E-state index contributed by atoms with van der Waals surface area (Å²) in [6.45, 7) is 6.64. The summed E-state index contributed by atoms with van der Waals surface area (Å²) in [5.41, 5.74) is 2.51. The maximum absolute atomic E-state index is 10.7. The van der Waals surface area contributed by atoms with Gasteiger partial charge in [-0.15, -0.1) is 0 Å². The molecule has 1 amide bonds. The fourth-order valence-corrected chi connectivity index (χ4v) is 1.32. The predicted octanol–water partition coefficient (Wildman–Crippen LogP) is 0.434. The third-order valence-electron chi connectivity index (χ3n) is 2.21. The highest BCUT2D eigenvalue weighted by molar-refractivity contribution is 5.72. The lowest BCUT2D eigenvalue weighted by molar-refractivity contribution is -0.118. The summed E-state index contributed by atoms with van der Waals surface area (Å²) in [7, 11) is 0. The standard InChI is InChI=1S/C11H20N6O/c1-7(2)11-15-9(6-10(16-11)17-12)14-5-4-13-8(3)18/h6-7H,4-5,12H2,1-3H3,(H,13,18)(H2,14,15,16,17). The molecule has 7 heteroatoms. The van der Waals surface area contributed by atoms with Crippen LogP contribution in [-0.2, 0) is 4.79 Å². The fraction of sp³-hybridized carbons (Fsp3) is 0.545. The van der Waals surface area contributed by atoms with Crippen LogP contribution < -0.4 is 21.9 Å². The summed E-state index contributed by atoms with van der Waals surface area (Å²) in [5, 5.41) is 5.81. The van der Waals surface area contributed by atoms with Gasteiger partial charge in [0.15, 0.2) is 0 Å². The minimum absolute atomic E-state index is 0.0494. The zero-order chi connectivity index (χ0) is 13.5. The number of hydrazine groups is 1. The number of carbonyl (C=O) groups is 1. The highest BCUT2D eigenvalue weighted by atomic mass is 16.1. The van der Waals surface area contributed by atoms with Crippen LogP contribution in [0, 0.1) is 0 Å². The molecule has 0 fully saturated rings. The van der Waals surface area contributed by atoms with E-state index in [1.165, 1.54) is 6.92 Å². The SMILES string of the molecule is CC(=O)NCCNc1cc(NN)nc(C(C)C)n1. The first kappa shape index (κ1) is 14.2. The monoisotopic (exact) mass is 252 g/mol. The average molecular weight is 252 g/mol. The molecule has 0 bridgehead atoms. The van der Waals surface area contributed by atoms with E-state index in [1.807, 2.05) is 13.8 Å². The van der Waals surface area contributed by atoms with E-state index >= 15 is 0 Å². The number of hydrogen-bond donors (Lipinski definition) is 4. The van der Waals surface area contributed by atoms with E-state index in [-0.39, 0.29) is 11.8 Å². The summed E-state index contributed by atoms with van der Waals surface area (Å²) in [6, 6.07) is 1.72. The zero-order valence-electron chi connectivity index (χ0n) is 10.9. The van der Waals surface area contributed by atoms with Gasteiger partial charge in [0.2, 0.25) is 5.91 Å². The molecule has 0 atom stereocenters. The minimum atomic E-state index is -0.0494. The van der Waals surface area contributed by atoms with E-state index in [0.29, 0.717) is 30.5 Å². The van der Waals surface area contributed by atoms with Crippen molar-refractivity contribution in [2.75, 3.05) is 23.8 Å². The number of hydrogen-bond acceptors (Lipinski definition) is 6. The molecule has 1 heterocycles. The van der Waals surface area contributed by atoms with Gasteiger partial charge in [-0.25, -0.2) is 15.8 Å². The third kappa shape index (κ3) is 4.54. The number of aromatic nitrogens is 2. The molecule has 1 rings (SSSR count). The Hall–Kier alpha value is -1.89. The zero-order valence-corrected chi connectivity index (χ0v) is 10.9. The van der Waals surface area contributed by atoms with Crippen LogP contribution in [-0.4, -0.2) is 29.0 Å². The van der Waals surface area contributed by atoms with Crippen LogP contribution in [0.3, 0.4) is 0 Å². The number of nitrogens with zero attached hydrogens (tertiary/aromatic N) is 2. The Morgan fingerprint density at radius 3 is 2.56 bits per heavy atom. The van der Waals surface area contributed by atoms with Crippen LogP contribution >= 0.6 is 0 Å². The highest BCUT2D eigenvalue weighted by Gasteiger charge is 2.07. The number of nitrogens with one attached hydrogen (secondary N) is 3. The summed E-state index contributed by atoms with van der Waals surface area (Å²) < 4.78 is 0. The molecule has 0 saturated carbocycles. The van der Waals surface area contributed by atoms with Crippen molar-refractivity contribution in [3.8, 4) is 0 Å². The Balaban J connectivity index is 2.63. The van der Waals surface area contributed by atoms with Crippen LogP contribution in [0.25, 0.3) is 0 Å². The molecule has 1 aromatic heterocycles. The maximum atomic E-state index is 10.7. The average Bonchev–Trinajstić information content (AvgIpc) is 2.34. The molecular weight excluding hydrogens is 232 g/mol. The van der Waals surface area contributed by atoms with Crippen molar-refractivity contribution < 1.29 is 4.79 Å². The molecule has 0 aliphatic heterocycles. The summed E-state index contributed by atoms with van der Waals surface area (Å²) in [6.07, 6.45) is 0. The largest absolute Gasteiger partial charge is 0.368 e. The number of nitrogen functional groups attached to an aromatic ring is 1. The van der Waals surface area contributed by atoms with Gasteiger partial charge in [0.05, 0.1) is 0 Å². The van der Waals surface area contributed by atoms with E-state index in [9.17, 15) is 4.79 Å². The van der Waals surface area contributed by atoms with Gasteiger partial charge >= 0.3 is 0 Å². The lowest BCUT2D eigenvalue weighted by Crippen LogP contribution is -2.26. The summed E-state index contributed by atoms with van der Waals surface area (Å²) in [5.74, 6) is 7.49. The summed E-state index contributed by atoms with van der Waals surface area (Å²) >= 11 is 0. The smallest absolute Gasteiger partial charge is 0.216 e. The predicted molar refractivity (Wildman–Crippen MR) is 71.1 cm³/mol. The Labute approximate surface area is 107 Å². The Morgan fingerprint density at radius 2 is 2.00 bits per heavy atom. The minimum Gasteiger partial charge on any atom is -0.368 e. The maximum Gasteiger partial charge on any atom is 0.216 e. The molecule has 0 aromatic carbocycles. The molecule has 0 unspecified atom stereocenters. The molecule has 100 valence electrons. The van der Waals surface area contributed by atoms with Gasteiger partial charge in [-0.3, -0.25) is 4.79 Å². The van der Waals surface area contributed by atoms with Crippen molar-refractivity contribution in [3.63, 3.8) is 0 Å². The molecule has 0 aliphatic carbocycles. The lowest BCUT2D eigenvalue weighted by atomic mass is 10.2. The van der Waals surface area contributed by atoms with Crippen molar-refractivity contribution in [1.29, 1.82) is 0 Å². The highest BCUT2D eigenvalue weighted by Crippen LogP contribution is 2.15. The second kappa shape index (κ2) is 6.75. The Kier molecular flexibility index (Phi) is 5.31. The topological polar surface area (TPSA) is 105 Å². The Morgan fingerprint density at radius 1 is 1.33 bits per heavy atom. The number of rotatable bonds is 6. The molecule has 0 saturated heterocycles. The van der Waals surface area contributed by atoms with E-state index in [0.717, 1.165) is 0 Å². The quantitative estimate of drug-likeness (QED) is 0.332. The van der Waals surface area contributed by atoms with Gasteiger partial charge in [0.25, 0.3) is 0 Å². The molecule has 0 spiro atoms. The van der Waals surface area contributed by atoms with Crippen LogP contribution in [0.1, 0.15) is 32.5 Å². The molecule has 0 radical (unpaired) electrons. The molecule has 1 aromatic rings. The lowest BCUT2D eigenvalue weighted by Gasteiger charge is -2.11. The first-order chi connectivity index (χ1) is 8.52. The van der Waals surface area contributed by atoms with E-state index in [4.69, 9.17) is 5.84 Å². The first-order valence-corrected chi connectivity index (χ1v) is 5.87. The molecule has 7 nitrogen and oxygen atoms in total. The van der Waals surface area contributed by atoms with Crippen molar-refractivity contribution in [2.45, 2.75) is 26.7 Å². The number of nitrogens with two attached hydrogens (primary N) is 1. The van der Waals surface area contributed by atoms with Crippen LogP contribution in [0.4, 0.5) is 11.6 Å². The van der Waals surface area contributed by atoms with Crippen molar-refractivity contribution in [1.82, 2.24) is 15.3 Å². The Bertz CT molecular complexity index is 407. The fourth-order valence-electron chi connectivity index (χ4n) is 1.32. The number of carbonyl (C=O) groups excluding carboxylic acids is 1. The van der Waals surface area contributed by atoms with Crippen LogP contribution in [0.2, 0.25) is 0 Å². The number of amides is 1. The van der Waals surface area contributed by atoms with Gasteiger partial charge in [-0.1, -0.05) is 13.8 Å². The van der Waals surface area contributed by atoms with Crippen molar-refractivity contribution in [3.05, 3.63) is 11.9 Å². The molecule has 18 heavy (non-hydrogen) atoms. The van der Waals surface area contributed by atoms with Gasteiger partial charge in [0, 0.05) is 32.0 Å². The molecular formula is C11H20N6O. The van der Waals surface area contributed by atoms with Crippen molar-refractivity contribution in [2.24, 2.45) is 5.84 Å². The van der Waals surface area contributed by atoms with Crippen molar-refractivity contribution >= 4 is 17.5 Å².